The number of carbonyl (C=O) groups excluding carboxylic acids is 2. The van der Waals surface area contributed by atoms with Crippen LogP contribution in [0.25, 0.3) is 0 Å². The van der Waals surface area contributed by atoms with Crippen LogP contribution in [0.15, 0.2) is 29.4 Å². The van der Waals surface area contributed by atoms with Crippen LogP contribution < -0.4 is 0 Å². The number of halogens is 1. The fraction of sp³-hybridized carbons (Fsp3) is 0.625. The van der Waals surface area contributed by atoms with Crippen molar-refractivity contribution in [2.45, 2.75) is 58.3 Å². The lowest BCUT2D eigenvalue weighted by Gasteiger charge is -2.39. The predicted octanol–water partition coefficient (Wildman–Crippen LogP) is 2.65. The first-order valence-electron chi connectivity index (χ1n) is 11.7. The molecule has 3 heterocycles. The molecule has 0 bridgehead atoms. The highest BCUT2D eigenvalue weighted by molar-refractivity contribution is 6.39. The van der Waals surface area contributed by atoms with Gasteiger partial charge < -0.3 is 9.64 Å². The number of amides is 2. The number of benzene rings is 1. The third kappa shape index (κ3) is 5.72. The van der Waals surface area contributed by atoms with Gasteiger partial charge in [-0.25, -0.2) is 9.40 Å². The SMILES string of the molecule is CC1CN(CC2CCN(C(=O)C3=NN(Cc4ccc(F)cc4)C(=O)CC3)CC2)CC(C)O1. The van der Waals surface area contributed by atoms with Gasteiger partial charge in [-0.3, -0.25) is 14.5 Å². The third-order valence-corrected chi connectivity index (χ3v) is 6.51. The molecular formula is C24H33FN4O3. The quantitative estimate of drug-likeness (QED) is 0.701. The summed E-state index contributed by atoms with van der Waals surface area (Å²) in [6.07, 6.45) is 3.15. The molecule has 0 saturated carbocycles. The Labute approximate surface area is 189 Å². The fourth-order valence-corrected chi connectivity index (χ4v) is 4.94. The van der Waals surface area contributed by atoms with E-state index in [4.69, 9.17) is 4.74 Å². The Bertz CT molecular complexity index is 841. The van der Waals surface area contributed by atoms with Gasteiger partial charge in [0.15, 0.2) is 0 Å². The number of nitrogens with zero attached hydrogens (tertiary/aromatic N) is 4. The lowest BCUT2D eigenvalue weighted by Crippen LogP contribution is -2.49. The average Bonchev–Trinajstić information content (AvgIpc) is 2.76. The van der Waals surface area contributed by atoms with Crippen LogP contribution >= 0.6 is 0 Å². The second-order valence-corrected chi connectivity index (χ2v) is 9.34. The van der Waals surface area contributed by atoms with E-state index in [-0.39, 0.29) is 42.8 Å². The van der Waals surface area contributed by atoms with Gasteiger partial charge in [-0.2, -0.15) is 5.10 Å². The molecule has 1 aromatic carbocycles. The largest absolute Gasteiger partial charge is 0.373 e. The summed E-state index contributed by atoms with van der Waals surface area (Å²) >= 11 is 0. The third-order valence-electron chi connectivity index (χ3n) is 6.51. The van der Waals surface area contributed by atoms with Crippen molar-refractivity contribution in [2.75, 3.05) is 32.7 Å². The smallest absolute Gasteiger partial charge is 0.270 e. The molecule has 2 atom stereocenters. The van der Waals surface area contributed by atoms with Crippen molar-refractivity contribution in [2.24, 2.45) is 11.0 Å². The Hall–Kier alpha value is -2.32. The van der Waals surface area contributed by atoms with Crippen LogP contribution in [0, 0.1) is 11.7 Å². The molecule has 0 spiro atoms. The second kappa shape index (κ2) is 10.1. The van der Waals surface area contributed by atoms with E-state index in [1.807, 2.05) is 4.90 Å². The molecule has 0 aliphatic carbocycles. The van der Waals surface area contributed by atoms with Crippen LogP contribution in [0.1, 0.15) is 45.1 Å². The van der Waals surface area contributed by atoms with Crippen LogP contribution in [0.2, 0.25) is 0 Å². The molecular weight excluding hydrogens is 411 g/mol. The Kier molecular flexibility index (Phi) is 7.20. The van der Waals surface area contributed by atoms with Gasteiger partial charge in [-0.1, -0.05) is 12.1 Å². The molecule has 32 heavy (non-hydrogen) atoms. The Morgan fingerprint density at radius 1 is 1.09 bits per heavy atom. The number of hydrazone groups is 1. The van der Waals surface area contributed by atoms with Gasteiger partial charge in [-0.15, -0.1) is 0 Å². The summed E-state index contributed by atoms with van der Waals surface area (Å²) in [7, 11) is 0. The van der Waals surface area contributed by atoms with E-state index in [1.165, 1.54) is 17.1 Å². The van der Waals surface area contributed by atoms with E-state index in [9.17, 15) is 14.0 Å². The molecule has 3 aliphatic rings. The van der Waals surface area contributed by atoms with Gasteiger partial charge in [-0.05, 0) is 50.3 Å². The number of carbonyl (C=O) groups is 2. The van der Waals surface area contributed by atoms with E-state index in [2.05, 4.69) is 23.8 Å². The summed E-state index contributed by atoms with van der Waals surface area (Å²) < 4.78 is 19.0. The minimum atomic E-state index is -0.320. The zero-order valence-corrected chi connectivity index (χ0v) is 19.0. The minimum absolute atomic E-state index is 0.0614. The number of hydrogen-bond donors (Lipinski definition) is 0. The number of ether oxygens (including phenoxy) is 1. The van der Waals surface area contributed by atoms with Crippen LogP contribution in [-0.2, 0) is 20.9 Å². The molecule has 1 aromatic rings. The standard InChI is InChI=1S/C24H33FN4O3/c1-17-13-27(14-18(2)32-17)15-20-9-11-28(12-10-20)24(31)22-7-8-23(30)29(26-22)16-19-3-5-21(25)6-4-19/h3-6,17-18,20H,7-16H2,1-2H3. The normalized spacial score (nSPS) is 25.7. The van der Waals surface area contributed by atoms with Crippen molar-refractivity contribution in [1.82, 2.24) is 14.8 Å². The average molecular weight is 445 g/mol. The van der Waals surface area contributed by atoms with Crippen molar-refractivity contribution >= 4 is 17.5 Å². The number of likely N-dealkylation sites (tertiary alicyclic amines) is 1. The van der Waals surface area contributed by atoms with Crippen molar-refractivity contribution in [1.29, 1.82) is 0 Å². The summed E-state index contributed by atoms with van der Waals surface area (Å²) in [5, 5.41) is 5.72. The zero-order chi connectivity index (χ0) is 22.7. The van der Waals surface area contributed by atoms with Gasteiger partial charge >= 0.3 is 0 Å². The highest BCUT2D eigenvalue weighted by atomic mass is 19.1. The number of piperidine rings is 1. The maximum Gasteiger partial charge on any atom is 0.270 e. The Balaban J connectivity index is 1.31. The van der Waals surface area contributed by atoms with Crippen LogP contribution in [0.5, 0.6) is 0 Å². The number of hydrogen-bond acceptors (Lipinski definition) is 5. The zero-order valence-electron chi connectivity index (χ0n) is 19.0. The molecule has 7 nitrogen and oxygen atoms in total. The van der Waals surface area contributed by atoms with Crippen LogP contribution in [-0.4, -0.2) is 77.3 Å². The lowest BCUT2D eigenvalue weighted by atomic mass is 9.95. The molecule has 4 rings (SSSR count). The van der Waals surface area contributed by atoms with E-state index >= 15 is 0 Å². The van der Waals surface area contributed by atoms with Gasteiger partial charge in [0.1, 0.15) is 11.5 Å². The molecule has 3 aliphatic heterocycles. The molecule has 174 valence electrons. The summed E-state index contributed by atoms with van der Waals surface area (Å²) in [6.45, 7) is 8.94. The van der Waals surface area contributed by atoms with Crippen molar-refractivity contribution in [3.8, 4) is 0 Å². The molecule has 0 N–H and O–H groups in total. The predicted molar refractivity (Wildman–Crippen MR) is 119 cm³/mol. The lowest BCUT2D eigenvalue weighted by molar-refractivity contribution is -0.132. The van der Waals surface area contributed by atoms with Crippen molar-refractivity contribution in [3.63, 3.8) is 0 Å². The highest BCUT2D eigenvalue weighted by Crippen LogP contribution is 2.22. The van der Waals surface area contributed by atoms with Crippen LogP contribution in [0.3, 0.4) is 0 Å². The molecule has 2 saturated heterocycles. The Morgan fingerprint density at radius 3 is 2.41 bits per heavy atom. The molecule has 0 aromatic heterocycles. The minimum Gasteiger partial charge on any atom is -0.373 e. The number of rotatable bonds is 5. The fourth-order valence-electron chi connectivity index (χ4n) is 4.94. The van der Waals surface area contributed by atoms with E-state index in [0.717, 1.165) is 51.1 Å². The maximum absolute atomic E-state index is 13.1. The van der Waals surface area contributed by atoms with Gasteiger partial charge in [0.05, 0.1) is 18.8 Å². The van der Waals surface area contributed by atoms with Crippen molar-refractivity contribution in [3.05, 3.63) is 35.6 Å². The van der Waals surface area contributed by atoms with Gasteiger partial charge in [0.25, 0.3) is 5.91 Å². The summed E-state index contributed by atoms with van der Waals surface area (Å²) in [4.78, 5) is 29.7. The first kappa shape index (κ1) is 22.9. The second-order valence-electron chi connectivity index (χ2n) is 9.34. The van der Waals surface area contributed by atoms with Gasteiger partial charge in [0.2, 0.25) is 5.91 Å². The number of morpholine rings is 1. The first-order chi connectivity index (χ1) is 15.4. The summed E-state index contributed by atoms with van der Waals surface area (Å²) in [5.41, 5.74) is 1.23. The molecule has 0 radical (unpaired) electrons. The highest BCUT2D eigenvalue weighted by Gasteiger charge is 2.31. The summed E-state index contributed by atoms with van der Waals surface area (Å²) in [5.74, 6) is 0.0905. The Morgan fingerprint density at radius 2 is 1.75 bits per heavy atom. The molecule has 8 heteroatoms. The van der Waals surface area contributed by atoms with Crippen molar-refractivity contribution < 1.29 is 18.7 Å². The first-order valence-corrected chi connectivity index (χ1v) is 11.7. The molecule has 2 unspecified atom stereocenters. The van der Waals surface area contributed by atoms with Crippen LogP contribution in [0.4, 0.5) is 4.39 Å². The topological polar surface area (TPSA) is 65.5 Å². The van der Waals surface area contributed by atoms with E-state index in [1.54, 1.807) is 12.1 Å². The van der Waals surface area contributed by atoms with Gasteiger partial charge in [0, 0.05) is 45.6 Å². The maximum atomic E-state index is 13.1. The molecule has 2 fully saturated rings. The van der Waals surface area contributed by atoms with E-state index < -0.39 is 0 Å². The monoisotopic (exact) mass is 444 g/mol. The molecule has 2 amide bonds. The summed E-state index contributed by atoms with van der Waals surface area (Å²) in [6, 6.07) is 5.99. The van der Waals surface area contributed by atoms with E-state index in [0.29, 0.717) is 18.1 Å².